The third-order valence-corrected chi connectivity index (χ3v) is 7.97. The van der Waals surface area contributed by atoms with Crippen LogP contribution in [-0.2, 0) is 0 Å². The summed E-state index contributed by atoms with van der Waals surface area (Å²) in [7, 11) is 0. The van der Waals surface area contributed by atoms with Crippen LogP contribution in [0.25, 0.3) is 0 Å². The molecule has 0 amide bonds. The van der Waals surface area contributed by atoms with Crippen molar-refractivity contribution in [3.63, 3.8) is 0 Å². The number of allylic oxidation sites excluding steroid dienone is 2. The van der Waals surface area contributed by atoms with E-state index >= 15 is 0 Å². The van der Waals surface area contributed by atoms with E-state index in [4.69, 9.17) is 0 Å². The molecule has 0 aliphatic heterocycles. The molecule has 0 aromatic carbocycles. The van der Waals surface area contributed by atoms with E-state index < -0.39 is 0 Å². The Labute approximate surface area is 111 Å². The van der Waals surface area contributed by atoms with Crippen molar-refractivity contribution in [1.82, 2.24) is 0 Å². The number of hydrogen-bond acceptors (Lipinski definition) is 0. The summed E-state index contributed by atoms with van der Waals surface area (Å²) in [5.41, 5.74) is 1.77. The Bertz CT molecular complexity index is 420. The molecule has 0 nitrogen and oxygen atoms in total. The molecule has 98 valence electrons. The predicted octanol–water partition coefficient (Wildman–Crippen LogP) is 4.52. The van der Waals surface area contributed by atoms with Gasteiger partial charge in [-0.2, -0.15) is 0 Å². The van der Waals surface area contributed by atoms with E-state index in [-0.39, 0.29) is 0 Å². The minimum absolute atomic E-state index is 0.984. The van der Waals surface area contributed by atoms with Crippen molar-refractivity contribution in [2.75, 3.05) is 0 Å². The van der Waals surface area contributed by atoms with E-state index in [9.17, 15) is 0 Å². The van der Waals surface area contributed by atoms with Crippen LogP contribution in [0.1, 0.15) is 46.0 Å². The monoisotopic (exact) mass is 242 g/mol. The van der Waals surface area contributed by atoms with Crippen LogP contribution in [-0.4, -0.2) is 0 Å². The largest absolute Gasteiger partial charge is 0.0816 e. The molecule has 0 heterocycles. The molecular weight excluding hydrogens is 216 g/mol. The van der Waals surface area contributed by atoms with Gasteiger partial charge in [-0.05, 0) is 79.4 Å². The Morgan fingerprint density at radius 2 is 1.61 bits per heavy atom. The van der Waals surface area contributed by atoms with E-state index in [2.05, 4.69) is 19.9 Å². The van der Waals surface area contributed by atoms with Crippen LogP contribution in [0.3, 0.4) is 0 Å². The second-order valence-corrected chi connectivity index (χ2v) is 8.20. The minimum atomic E-state index is 0.984. The van der Waals surface area contributed by atoms with Gasteiger partial charge in [0.05, 0.1) is 0 Å². The molecule has 0 heteroatoms. The maximum atomic E-state index is 2.69. The lowest BCUT2D eigenvalue weighted by Gasteiger charge is -2.45. The Morgan fingerprint density at radius 3 is 2.33 bits per heavy atom. The quantitative estimate of drug-likeness (QED) is 0.433. The lowest BCUT2D eigenvalue weighted by Crippen LogP contribution is -2.39. The standard InChI is InChI=1S/C18H26/c1-9-7-13-10(2)16(9)18-15-8-14(17(13)18)11-5-3-4-6-12(11)15/h7,10-18H,3-6,8H2,1-2H3. The first kappa shape index (κ1) is 10.5. The molecular formula is C18H26. The Morgan fingerprint density at radius 1 is 0.944 bits per heavy atom. The van der Waals surface area contributed by atoms with Gasteiger partial charge >= 0.3 is 0 Å². The highest BCUT2D eigenvalue weighted by atomic mass is 14.7. The lowest BCUT2D eigenvalue weighted by atomic mass is 9.60. The van der Waals surface area contributed by atoms with Crippen molar-refractivity contribution in [3.05, 3.63) is 11.6 Å². The normalized spacial score (nSPS) is 63.9. The molecule has 5 aliphatic carbocycles. The second kappa shape index (κ2) is 3.25. The highest BCUT2D eigenvalue weighted by Gasteiger charge is 2.67. The van der Waals surface area contributed by atoms with Crippen molar-refractivity contribution in [3.8, 4) is 0 Å². The smallest absolute Gasteiger partial charge is 0.0140 e. The fraction of sp³-hybridized carbons (Fsp3) is 0.889. The topological polar surface area (TPSA) is 0 Å². The molecule has 9 unspecified atom stereocenters. The molecule has 4 bridgehead atoms. The molecule has 0 saturated heterocycles. The van der Waals surface area contributed by atoms with Crippen LogP contribution in [0.2, 0.25) is 0 Å². The van der Waals surface area contributed by atoms with Crippen LogP contribution in [0.5, 0.6) is 0 Å². The van der Waals surface area contributed by atoms with E-state index in [1.54, 1.807) is 37.7 Å². The predicted molar refractivity (Wildman–Crippen MR) is 73.9 cm³/mol. The summed E-state index contributed by atoms with van der Waals surface area (Å²) in [6.45, 7) is 4.99. The number of fused-ring (bicyclic) bond motifs is 12. The molecule has 5 rings (SSSR count). The van der Waals surface area contributed by atoms with Crippen LogP contribution >= 0.6 is 0 Å². The fourth-order valence-corrected chi connectivity index (χ4v) is 7.76. The summed E-state index contributed by atoms with van der Waals surface area (Å²) in [5.74, 6) is 9.83. The molecule has 0 spiro atoms. The van der Waals surface area contributed by atoms with Gasteiger partial charge in [0.2, 0.25) is 0 Å². The zero-order valence-corrected chi connectivity index (χ0v) is 11.8. The number of hydrogen-bond donors (Lipinski definition) is 0. The average molecular weight is 242 g/mol. The van der Waals surface area contributed by atoms with Gasteiger partial charge in [0, 0.05) is 0 Å². The van der Waals surface area contributed by atoms with E-state index in [0.29, 0.717) is 0 Å². The van der Waals surface area contributed by atoms with Gasteiger partial charge in [-0.3, -0.25) is 0 Å². The van der Waals surface area contributed by atoms with Crippen LogP contribution in [0, 0.1) is 53.3 Å². The summed E-state index contributed by atoms with van der Waals surface area (Å²) < 4.78 is 0. The minimum Gasteiger partial charge on any atom is -0.0816 e. The summed E-state index contributed by atoms with van der Waals surface area (Å²) in [4.78, 5) is 0. The van der Waals surface area contributed by atoms with Gasteiger partial charge in [-0.15, -0.1) is 0 Å². The van der Waals surface area contributed by atoms with Gasteiger partial charge in [0.1, 0.15) is 0 Å². The first-order valence-corrected chi connectivity index (χ1v) is 8.45. The lowest BCUT2D eigenvalue weighted by molar-refractivity contribution is 0.0559. The average Bonchev–Trinajstić information content (AvgIpc) is 3.06. The molecule has 0 radical (unpaired) electrons. The summed E-state index contributed by atoms with van der Waals surface area (Å²) >= 11 is 0. The molecule has 0 N–H and O–H groups in total. The molecule has 4 saturated carbocycles. The SMILES string of the molecule is CC1=CC2C(C)C1C1C3CC(C4CCCCC43)C21. The van der Waals surface area contributed by atoms with Gasteiger partial charge in [0.25, 0.3) is 0 Å². The molecule has 18 heavy (non-hydrogen) atoms. The Kier molecular flexibility index (Phi) is 1.90. The summed E-state index contributed by atoms with van der Waals surface area (Å²) in [6.07, 6.45) is 10.6. The van der Waals surface area contributed by atoms with Crippen LogP contribution in [0.4, 0.5) is 0 Å². The highest BCUT2D eigenvalue weighted by molar-refractivity contribution is 5.29. The van der Waals surface area contributed by atoms with Crippen molar-refractivity contribution in [2.24, 2.45) is 53.3 Å². The van der Waals surface area contributed by atoms with Crippen LogP contribution in [0.15, 0.2) is 11.6 Å². The van der Waals surface area contributed by atoms with E-state index in [1.165, 1.54) is 0 Å². The van der Waals surface area contributed by atoms with Crippen molar-refractivity contribution < 1.29 is 0 Å². The maximum absolute atomic E-state index is 2.69. The zero-order valence-electron chi connectivity index (χ0n) is 11.8. The maximum Gasteiger partial charge on any atom is -0.0140 e. The zero-order chi connectivity index (χ0) is 12.0. The van der Waals surface area contributed by atoms with E-state index in [1.807, 2.05) is 0 Å². The van der Waals surface area contributed by atoms with Gasteiger partial charge in [0.15, 0.2) is 0 Å². The highest BCUT2D eigenvalue weighted by Crippen LogP contribution is 2.73. The third kappa shape index (κ3) is 0.991. The molecule has 9 atom stereocenters. The molecule has 0 aromatic rings. The second-order valence-electron chi connectivity index (χ2n) is 8.20. The van der Waals surface area contributed by atoms with Crippen LogP contribution < -0.4 is 0 Å². The Balaban J connectivity index is 1.57. The van der Waals surface area contributed by atoms with Crippen molar-refractivity contribution >= 4 is 0 Å². The Hall–Kier alpha value is -0.260. The summed E-state index contributed by atoms with van der Waals surface area (Å²) in [5, 5.41) is 0. The number of rotatable bonds is 0. The summed E-state index contributed by atoms with van der Waals surface area (Å²) in [6, 6.07) is 0. The molecule has 0 aromatic heterocycles. The van der Waals surface area contributed by atoms with Gasteiger partial charge in [-0.1, -0.05) is 31.4 Å². The molecule has 4 fully saturated rings. The fourth-order valence-electron chi connectivity index (χ4n) is 7.76. The first-order valence-electron chi connectivity index (χ1n) is 8.45. The first-order chi connectivity index (χ1) is 8.77. The molecule has 5 aliphatic rings. The van der Waals surface area contributed by atoms with Crippen molar-refractivity contribution in [2.45, 2.75) is 46.0 Å². The van der Waals surface area contributed by atoms with Crippen molar-refractivity contribution in [1.29, 1.82) is 0 Å². The van der Waals surface area contributed by atoms with Gasteiger partial charge < -0.3 is 0 Å². The third-order valence-electron chi connectivity index (χ3n) is 7.97. The van der Waals surface area contributed by atoms with E-state index in [0.717, 1.165) is 53.3 Å². The van der Waals surface area contributed by atoms with Gasteiger partial charge in [-0.25, -0.2) is 0 Å².